The van der Waals surface area contributed by atoms with Crippen molar-refractivity contribution in [2.24, 2.45) is 0 Å². The Morgan fingerprint density at radius 2 is 1.76 bits per heavy atom. The maximum absolute atomic E-state index is 14.4. The van der Waals surface area contributed by atoms with Gasteiger partial charge in [0.2, 0.25) is 21.8 Å². The largest absolute Gasteiger partial charge is 0.354 e. The quantitative estimate of drug-likeness (QED) is 0.481. The second-order valence-electron chi connectivity index (χ2n) is 7.65. The Kier molecular flexibility index (Phi) is 9.67. The van der Waals surface area contributed by atoms with Crippen LogP contribution in [-0.4, -0.2) is 50.5 Å². The van der Waals surface area contributed by atoms with E-state index in [4.69, 9.17) is 11.6 Å². The van der Waals surface area contributed by atoms with Gasteiger partial charge in [0.1, 0.15) is 18.4 Å². The van der Waals surface area contributed by atoms with E-state index in [-0.39, 0.29) is 18.1 Å². The zero-order valence-corrected chi connectivity index (χ0v) is 20.5. The molecule has 0 fully saturated rings. The third-order valence-electron chi connectivity index (χ3n) is 5.10. The summed E-state index contributed by atoms with van der Waals surface area (Å²) in [5, 5.41) is 3.19. The molecule has 10 heteroatoms. The maximum Gasteiger partial charge on any atom is 0.244 e. The van der Waals surface area contributed by atoms with Crippen LogP contribution < -0.4 is 9.62 Å². The van der Waals surface area contributed by atoms with Crippen molar-refractivity contribution in [2.45, 2.75) is 39.3 Å². The molecule has 0 aliphatic rings. The highest BCUT2D eigenvalue weighted by molar-refractivity contribution is 7.92. The summed E-state index contributed by atoms with van der Waals surface area (Å²) >= 11 is 6.26. The third-order valence-corrected chi connectivity index (χ3v) is 6.59. The Morgan fingerprint density at radius 1 is 1.12 bits per heavy atom. The van der Waals surface area contributed by atoms with E-state index in [0.29, 0.717) is 21.4 Å². The molecule has 0 radical (unpaired) electrons. The van der Waals surface area contributed by atoms with Crippen molar-refractivity contribution in [1.82, 2.24) is 10.2 Å². The molecular weight excluding hydrogens is 469 g/mol. The van der Waals surface area contributed by atoms with E-state index in [1.54, 1.807) is 31.2 Å². The molecule has 180 valence electrons. The standard InChI is InChI=1S/C23H29ClFN3O4S/c1-4-5-14-26-23(30)17(2)27(15-18-10-6-7-11-19(18)24)22(29)16-28(33(3,31)32)21-13-9-8-12-20(21)25/h6-13,17H,4-5,14-16H2,1-3H3,(H,26,30). The van der Waals surface area contributed by atoms with Crippen molar-refractivity contribution in [1.29, 1.82) is 0 Å². The van der Waals surface area contributed by atoms with Gasteiger partial charge in [0.05, 0.1) is 11.9 Å². The first-order valence-corrected chi connectivity index (χ1v) is 12.8. The second-order valence-corrected chi connectivity index (χ2v) is 9.97. The molecule has 1 N–H and O–H groups in total. The molecule has 2 amide bonds. The predicted octanol–water partition coefficient (Wildman–Crippen LogP) is 3.58. The van der Waals surface area contributed by atoms with Crippen molar-refractivity contribution in [3.63, 3.8) is 0 Å². The minimum atomic E-state index is -3.99. The number of nitrogens with one attached hydrogen (secondary N) is 1. The molecule has 0 aliphatic carbocycles. The number of carbonyl (C=O) groups excluding carboxylic acids is 2. The molecule has 0 heterocycles. The van der Waals surface area contributed by atoms with Gasteiger partial charge in [-0.05, 0) is 37.1 Å². The van der Waals surface area contributed by atoms with Gasteiger partial charge in [-0.2, -0.15) is 0 Å². The molecule has 2 aromatic rings. The van der Waals surface area contributed by atoms with Crippen molar-refractivity contribution in [3.8, 4) is 0 Å². The van der Waals surface area contributed by atoms with Gasteiger partial charge in [0, 0.05) is 18.1 Å². The lowest BCUT2D eigenvalue weighted by molar-refractivity contribution is -0.139. The Hall–Kier alpha value is -2.65. The van der Waals surface area contributed by atoms with E-state index in [1.165, 1.54) is 23.1 Å². The summed E-state index contributed by atoms with van der Waals surface area (Å²) in [7, 11) is -3.99. The van der Waals surface area contributed by atoms with Gasteiger partial charge >= 0.3 is 0 Å². The highest BCUT2D eigenvalue weighted by Crippen LogP contribution is 2.23. The second kappa shape index (κ2) is 12.0. The van der Waals surface area contributed by atoms with Crippen LogP contribution in [0, 0.1) is 5.82 Å². The zero-order chi connectivity index (χ0) is 24.6. The number of halogens is 2. The van der Waals surface area contributed by atoms with E-state index >= 15 is 0 Å². The van der Waals surface area contributed by atoms with Crippen molar-refractivity contribution in [3.05, 3.63) is 64.9 Å². The van der Waals surface area contributed by atoms with Gasteiger partial charge in [0.15, 0.2) is 0 Å². The number of sulfonamides is 1. The number of anilines is 1. The van der Waals surface area contributed by atoms with Gasteiger partial charge < -0.3 is 10.2 Å². The Balaban J connectivity index is 2.37. The van der Waals surface area contributed by atoms with Crippen LogP contribution in [0.4, 0.5) is 10.1 Å². The maximum atomic E-state index is 14.4. The lowest BCUT2D eigenvalue weighted by atomic mass is 10.1. The summed E-state index contributed by atoms with van der Waals surface area (Å²) in [6.45, 7) is 3.32. The molecule has 0 saturated carbocycles. The summed E-state index contributed by atoms with van der Waals surface area (Å²) in [6, 6.07) is 11.3. The zero-order valence-electron chi connectivity index (χ0n) is 18.9. The van der Waals surface area contributed by atoms with E-state index in [0.717, 1.165) is 25.2 Å². The van der Waals surface area contributed by atoms with Crippen molar-refractivity contribution in [2.75, 3.05) is 23.7 Å². The summed E-state index contributed by atoms with van der Waals surface area (Å²) in [5.41, 5.74) is 0.351. The number of carbonyl (C=O) groups is 2. The minimum absolute atomic E-state index is 0.0181. The fourth-order valence-electron chi connectivity index (χ4n) is 3.18. The van der Waals surface area contributed by atoms with Crippen LogP contribution >= 0.6 is 11.6 Å². The van der Waals surface area contributed by atoms with Gasteiger partial charge in [0.25, 0.3) is 0 Å². The number of hydrogen-bond acceptors (Lipinski definition) is 4. The molecule has 0 aliphatic heterocycles. The molecule has 7 nitrogen and oxygen atoms in total. The molecule has 33 heavy (non-hydrogen) atoms. The lowest BCUT2D eigenvalue weighted by Gasteiger charge is -2.31. The number of benzene rings is 2. The highest BCUT2D eigenvalue weighted by atomic mass is 35.5. The Morgan fingerprint density at radius 3 is 2.36 bits per heavy atom. The molecule has 0 spiro atoms. The molecule has 1 unspecified atom stereocenters. The first-order valence-electron chi connectivity index (χ1n) is 10.6. The summed E-state index contributed by atoms with van der Waals surface area (Å²) < 4.78 is 39.9. The summed E-state index contributed by atoms with van der Waals surface area (Å²) in [4.78, 5) is 27.3. The number of nitrogens with zero attached hydrogens (tertiary/aromatic N) is 2. The lowest BCUT2D eigenvalue weighted by Crippen LogP contribution is -2.51. The molecule has 2 rings (SSSR count). The fourth-order valence-corrected chi connectivity index (χ4v) is 4.22. The first-order chi connectivity index (χ1) is 15.6. The summed E-state index contributed by atoms with van der Waals surface area (Å²) in [6.07, 6.45) is 2.57. The van der Waals surface area contributed by atoms with Gasteiger partial charge in [-0.1, -0.05) is 55.3 Å². The number of amides is 2. The van der Waals surface area contributed by atoms with Crippen LogP contribution in [0.15, 0.2) is 48.5 Å². The average Bonchev–Trinajstić information content (AvgIpc) is 2.76. The SMILES string of the molecule is CCCCNC(=O)C(C)N(Cc1ccccc1Cl)C(=O)CN(c1ccccc1F)S(C)(=O)=O. The Labute approximate surface area is 199 Å². The summed E-state index contributed by atoms with van der Waals surface area (Å²) in [5.74, 6) is -1.82. The fraction of sp³-hybridized carbons (Fsp3) is 0.391. The smallest absolute Gasteiger partial charge is 0.244 e. The van der Waals surface area contributed by atoms with Crippen LogP contribution in [0.1, 0.15) is 32.3 Å². The minimum Gasteiger partial charge on any atom is -0.354 e. The molecule has 0 aromatic heterocycles. The van der Waals surface area contributed by atoms with Gasteiger partial charge in [-0.15, -0.1) is 0 Å². The number of para-hydroxylation sites is 1. The van der Waals surface area contributed by atoms with Crippen LogP contribution in [0.5, 0.6) is 0 Å². The van der Waals surface area contributed by atoms with Crippen LogP contribution in [0.25, 0.3) is 0 Å². The van der Waals surface area contributed by atoms with E-state index in [1.807, 2.05) is 6.92 Å². The van der Waals surface area contributed by atoms with Crippen LogP contribution in [-0.2, 0) is 26.2 Å². The van der Waals surface area contributed by atoms with E-state index in [9.17, 15) is 22.4 Å². The Bertz CT molecular complexity index is 1080. The van der Waals surface area contributed by atoms with Gasteiger partial charge in [-0.3, -0.25) is 13.9 Å². The predicted molar refractivity (Wildman–Crippen MR) is 128 cm³/mol. The van der Waals surface area contributed by atoms with Crippen molar-refractivity contribution >= 4 is 39.1 Å². The monoisotopic (exact) mass is 497 g/mol. The van der Waals surface area contributed by atoms with Gasteiger partial charge in [-0.25, -0.2) is 12.8 Å². The third kappa shape index (κ3) is 7.43. The number of rotatable bonds is 11. The van der Waals surface area contributed by atoms with E-state index < -0.39 is 34.3 Å². The highest BCUT2D eigenvalue weighted by Gasteiger charge is 2.31. The normalized spacial score (nSPS) is 12.2. The molecule has 2 aromatic carbocycles. The number of unbranched alkanes of at least 4 members (excludes halogenated alkanes) is 1. The molecular formula is C23H29ClFN3O4S. The van der Waals surface area contributed by atoms with E-state index in [2.05, 4.69) is 5.32 Å². The molecule has 0 saturated heterocycles. The topological polar surface area (TPSA) is 86.8 Å². The van der Waals surface area contributed by atoms with Crippen LogP contribution in [0.3, 0.4) is 0 Å². The van der Waals surface area contributed by atoms with Crippen LogP contribution in [0.2, 0.25) is 5.02 Å². The van der Waals surface area contributed by atoms with Crippen molar-refractivity contribution < 1.29 is 22.4 Å². The average molecular weight is 498 g/mol. The number of hydrogen-bond donors (Lipinski definition) is 1. The first kappa shape index (κ1) is 26.6. The molecule has 1 atom stereocenters. The molecule has 0 bridgehead atoms.